The zero-order chi connectivity index (χ0) is 9.52. The van der Waals surface area contributed by atoms with Crippen molar-refractivity contribution < 1.29 is 4.74 Å². The largest absolute Gasteiger partial charge is 0.374 e. The van der Waals surface area contributed by atoms with E-state index < -0.39 is 0 Å². The van der Waals surface area contributed by atoms with Gasteiger partial charge in [-0.3, -0.25) is 0 Å². The van der Waals surface area contributed by atoms with Gasteiger partial charge in [-0.05, 0) is 17.5 Å². The molecule has 13 heavy (non-hydrogen) atoms. The second kappa shape index (κ2) is 5.90. The fraction of sp³-hybridized carbons (Fsp3) is 0.833. The summed E-state index contributed by atoms with van der Waals surface area (Å²) < 4.78 is 6.66. The van der Waals surface area contributed by atoms with E-state index in [4.69, 9.17) is 4.74 Å². The third-order valence-electron chi connectivity index (χ3n) is 1.38. The maximum absolute atomic E-state index is 4.91. The molecule has 1 N–H and O–H groups in total. The summed E-state index contributed by atoms with van der Waals surface area (Å²) in [5.74, 6) is 0.569. The molecule has 1 aromatic rings. The van der Waals surface area contributed by atoms with Crippen LogP contribution in [-0.2, 0) is 11.3 Å². The lowest BCUT2D eigenvalue weighted by Gasteiger charge is -2.02. The fourth-order valence-corrected chi connectivity index (χ4v) is 1.36. The molecule has 0 fully saturated rings. The molecular formula is C6H13N5OS. The number of hydrogen-bond acceptors (Lipinski definition) is 6. The van der Waals surface area contributed by atoms with Gasteiger partial charge in [-0.25, -0.2) is 4.68 Å². The molecule has 1 rings (SSSR count). The van der Waals surface area contributed by atoms with Gasteiger partial charge >= 0.3 is 0 Å². The molecule has 0 spiro atoms. The van der Waals surface area contributed by atoms with Crippen molar-refractivity contribution in [1.82, 2.24) is 25.5 Å². The van der Waals surface area contributed by atoms with Crippen LogP contribution in [0.4, 0.5) is 0 Å². The second-order valence-corrected chi connectivity index (χ2v) is 3.23. The lowest BCUT2D eigenvalue weighted by Crippen LogP contribution is -2.16. The average Bonchev–Trinajstić information content (AvgIpc) is 2.59. The summed E-state index contributed by atoms with van der Waals surface area (Å²) >= 11 is 1.48. The van der Waals surface area contributed by atoms with Crippen molar-refractivity contribution in [3.05, 3.63) is 0 Å². The third kappa shape index (κ3) is 3.29. The van der Waals surface area contributed by atoms with Gasteiger partial charge in [0.15, 0.2) is 0 Å². The molecule has 0 bridgehead atoms. The second-order valence-electron chi connectivity index (χ2n) is 2.34. The fourth-order valence-electron chi connectivity index (χ4n) is 0.770. The van der Waals surface area contributed by atoms with E-state index in [1.54, 1.807) is 11.8 Å². The van der Waals surface area contributed by atoms with Crippen LogP contribution in [0.2, 0.25) is 0 Å². The highest BCUT2D eigenvalue weighted by Gasteiger charge is 2.04. The van der Waals surface area contributed by atoms with Gasteiger partial charge < -0.3 is 10.1 Å². The number of nitrogens with zero attached hydrogens (tertiary/aromatic N) is 4. The Labute approximate surface area is 81.0 Å². The van der Waals surface area contributed by atoms with Gasteiger partial charge in [0.1, 0.15) is 0 Å². The minimum absolute atomic E-state index is 0.569. The van der Waals surface area contributed by atoms with Crippen LogP contribution in [0, 0.1) is 0 Å². The summed E-state index contributed by atoms with van der Waals surface area (Å²) in [5, 5.41) is 15.1. The molecule has 0 saturated heterocycles. The highest BCUT2D eigenvalue weighted by molar-refractivity contribution is 7.99. The number of hydrogen-bond donors (Lipinski definition) is 1. The zero-order valence-corrected chi connectivity index (χ0v) is 8.54. The van der Waals surface area contributed by atoms with Crippen LogP contribution in [0.5, 0.6) is 0 Å². The van der Waals surface area contributed by atoms with Crippen molar-refractivity contribution in [2.75, 3.05) is 26.6 Å². The van der Waals surface area contributed by atoms with E-state index in [9.17, 15) is 0 Å². The maximum Gasteiger partial charge on any atom is 0.211 e. The molecule has 0 saturated carbocycles. The monoisotopic (exact) mass is 203 g/mol. The van der Waals surface area contributed by atoms with Crippen LogP contribution >= 0.6 is 11.8 Å². The molecule has 0 radical (unpaired) electrons. The molecule has 0 atom stereocenters. The molecule has 74 valence electrons. The molecule has 0 aliphatic heterocycles. The summed E-state index contributed by atoms with van der Waals surface area (Å²) in [6.45, 7) is 1.63. The first-order valence-electron chi connectivity index (χ1n) is 3.91. The maximum atomic E-state index is 4.91. The topological polar surface area (TPSA) is 64.9 Å². The smallest absolute Gasteiger partial charge is 0.211 e. The Bertz CT molecular complexity index is 218. The highest BCUT2D eigenvalue weighted by Crippen LogP contribution is 2.12. The molecular weight excluding hydrogens is 190 g/mol. The van der Waals surface area contributed by atoms with Crippen LogP contribution in [-0.4, -0.2) is 46.8 Å². The lowest BCUT2D eigenvalue weighted by atomic mass is 10.6. The predicted octanol–water partition coefficient (Wildman–Crippen LogP) is -0.412. The number of nitrogens with one attached hydrogen (secondary N) is 1. The van der Waals surface area contributed by atoms with E-state index in [0.717, 1.165) is 18.2 Å². The SMILES string of the molecule is CNCCn1nnnc1SCOC. The minimum atomic E-state index is 0.569. The number of rotatable bonds is 6. The molecule has 0 aromatic carbocycles. The van der Waals surface area contributed by atoms with Crippen molar-refractivity contribution >= 4 is 11.8 Å². The van der Waals surface area contributed by atoms with Crippen molar-refractivity contribution in [3.63, 3.8) is 0 Å². The summed E-state index contributed by atoms with van der Waals surface area (Å²) in [5.41, 5.74) is 0. The van der Waals surface area contributed by atoms with Gasteiger partial charge in [0.05, 0.1) is 12.5 Å². The number of likely N-dealkylation sites (N-methyl/N-ethyl adjacent to an activating group) is 1. The summed E-state index contributed by atoms with van der Waals surface area (Å²) in [6.07, 6.45) is 0. The van der Waals surface area contributed by atoms with E-state index in [1.807, 2.05) is 7.05 Å². The van der Waals surface area contributed by atoms with Crippen molar-refractivity contribution in [1.29, 1.82) is 0 Å². The van der Waals surface area contributed by atoms with E-state index in [2.05, 4.69) is 20.8 Å². The third-order valence-corrected chi connectivity index (χ3v) is 2.28. The number of ether oxygens (including phenoxy) is 1. The Kier molecular flexibility index (Phi) is 4.73. The van der Waals surface area contributed by atoms with Gasteiger partial charge in [-0.15, -0.1) is 5.10 Å². The molecule has 6 nitrogen and oxygen atoms in total. The Hall–Kier alpha value is -0.660. The van der Waals surface area contributed by atoms with E-state index in [0.29, 0.717) is 5.94 Å². The van der Waals surface area contributed by atoms with Crippen LogP contribution < -0.4 is 5.32 Å². The molecule has 0 unspecified atom stereocenters. The normalized spacial score (nSPS) is 10.6. The summed E-state index contributed by atoms with van der Waals surface area (Å²) in [4.78, 5) is 0. The molecule has 0 amide bonds. The lowest BCUT2D eigenvalue weighted by molar-refractivity contribution is 0.258. The number of tetrazole rings is 1. The van der Waals surface area contributed by atoms with E-state index in [-0.39, 0.29) is 0 Å². The molecule has 0 aliphatic rings. The predicted molar refractivity (Wildman–Crippen MR) is 49.5 cm³/mol. The first-order chi connectivity index (χ1) is 6.38. The van der Waals surface area contributed by atoms with Crippen molar-refractivity contribution in [2.24, 2.45) is 0 Å². The molecule has 1 aromatic heterocycles. The van der Waals surface area contributed by atoms with E-state index in [1.165, 1.54) is 11.8 Å². The van der Waals surface area contributed by atoms with Gasteiger partial charge in [0, 0.05) is 13.7 Å². The number of methoxy groups -OCH3 is 1. The Balaban J connectivity index is 2.45. The molecule has 0 aliphatic carbocycles. The van der Waals surface area contributed by atoms with E-state index >= 15 is 0 Å². The van der Waals surface area contributed by atoms with Crippen LogP contribution in [0.15, 0.2) is 5.16 Å². The number of thioether (sulfide) groups is 1. The van der Waals surface area contributed by atoms with Crippen molar-refractivity contribution in [2.45, 2.75) is 11.7 Å². The summed E-state index contributed by atoms with van der Waals surface area (Å²) in [6, 6.07) is 0. The summed E-state index contributed by atoms with van der Waals surface area (Å²) in [7, 11) is 3.54. The van der Waals surface area contributed by atoms with Gasteiger partial charge in [0.25, 0.3) is 0 Å². The van der Waals surface area contributed by atoms with Gasteiger partial charge in [-0.1, -0.05) is 11.8 Å². The quantitative estimate of drug-likeness (QED) is 0.501. The number of aromatic nitrogens is 4. The molecule has 7 heteroatoms. The van der Waals surface area contributed by atoms with Crippen LogP contribution in [0.3, 0.4) is 0 Å². The van der Waals surface area contributed by atoms with Gasteiger partial charge in [0.2, 0.25) is 5.16 Å². The van der Waals surface area contributed by atoms with Crippen LogP contribution in [0.25, 0.3) is 0 Å². The average molecular weight is 203 g/mol. The molecule has 1 heterocycles. The van der Waals surface area contributed by atoms with Crippen LogP contribution in [0.1, 0.15) is 0 Å². The Morgan fingerprint density at radius 2 is 2.46 bits per heavy atom. The minimum Gasteiger partial charge on any atom is -0.374 e. The first-order valence-corrected chi connectivity index (χ1v) is 4.89. The van der Waals surface area contributed by atoms with Gasteiger partial charge in [-0.2, -0.15) is 0 Å². The Morgan fingerprint density at radius 3 is 3.15 bits per heavy atom. The zero-order valence-electron chi connectivity index (χ0n) is 7.73. The van der Waals surface area contributed by atoms with Crippen molar-refractivity contribution in [3.8, 4) is 0 Å². The Morgan fingerprint density at radius 1 is 1.62 bits per heavy atom. The highest BCUT2D eigenvalue weighted by atomic mass is 32.2. The first kappa shape index (κ1) is 10.4. The standard InChI is InChI=1S/C6H13N5OS/c1-7-3-4-11-6(8-9-10-11)13-5-12-2/h7H,3-5H2,1-2H3.